The maximum Gasteiger partial charge on any atom is 0.266 e. The summed E-state index contributed by atoms with van der Waals surface area (Å²) in [5.41, 5.74) is 0.606. The van der Waals surface area contributed by atoms with Crippen molar-refractivity contribution in [2.75, 3.05) is 0 Å². The molecule has 0 spiro atoms. The lowest BCUT2D eigenvalue weighted by Gasteiger charge is -2.10. The van der Waals surface area contributed by atoms with E-state index in [1.807, 2.05) is 0 Å². The van der Waals surface area contributed by atoms with Crippen molar-refractivity contribution in [1.82, 2.24) is 0 Å². The van der Waals surface area contributed by atoms with Crippen molar-refractivity contribution in [1.29, 1.82) is 5.26 Å². The van der Waals surface area contributed by atoms with Crippen LogP contribution in [-0.4, -0.2) is 0 Å². The van der Waals surface area contributed by atoms with E-state index in [4.69, 9.17) is 14.7 Å². The molecule has 0 saturated heterocycles. The molecule has 4 heteroatoms. The molecule has 0 N–H and O–H groups in total. The lowest BCUT2D eigenvalue weighted by atomic mass is 10.1. The zero-order chi connectivity index (χ0) is 9.97. The molecule has 0 fully saturated rings. The number of benzene rings is 1. The van der Waals surface area contributed by atoms with E-state index in [9.17, 15) is 4.39 Å². The van der Waals surface area contributed by atoms with Gasteiger partial charge in [0.25, 0.3) is 6.29 Å². The quantitative estimate of drug-likeness (QED) is 0.683. The zero-order valence-corrected chi connectivity index (χ0v) is 7.11. The van der Waals surface area contributed by atoms with E-state index >= 15 is 0 Å². The summed E-state index contributed by atoms with van der Waals surface area (Å²) in [7, 11) is 0. The Hall–Kier alpha value is -2.02. The Morgan fingerprint density at radius 1 is 1.29 bits per heavy atom. The topological polar surface area (TPSA) is 42.2 Å². The van der Waals surface area contributed by atoms with Crippen LogP contribution >= 0.6 is 0 Å². The Kier molecular flexibility index (Phi) is 2.07. The minimum absolute atomic E-state index is 0.0124. The molecule has 2 rings (SSSR count). The maximum atomic E-state index is 12.9. The Bertz CT molecular complexity index is 415. The summed E-state index contributed by atoms with van der Waals surface area (Å²) in [5.74, 6) is -0.540. The van der Waals surface area contributed by atoms with E-state index in [2.05, 4.69) is 0 Å². The molecule has 0 atom stereocenters. The summed E-state index contributed by atoms with van der Waals surface area (Å²) in [5, 5.41) is 8.60. The Morgan fingerprint density at radius 3 is 2.64 bits per heavy atom. The summed E-state index contributed by atoms with van der Waals surface area (Å²) in [4.78, 5) is 0. The summed E-state index contributed by atoms with van der Waals surface area (Å²) >= 11 is 0. The highest BCUT2D eigenvalue weighted by Gasteiger charge is 2.16. The lowest BCUT2D eigenvalue weighted by molar-refractivity contribution is -0.0246. The molecule has 1 aliphatic heterocycles. The highest BCUT2D eigenvalue weighted by molar-refractivity contribution is 5.35. The first kappa shape index (κ1) is 8.57. The van der Waals surface area contributed by atoms with Crippen molar-refractivity contribution in [3.05, 3.63) is 47.7 Å². The highest BCUT2D eigenvalue weighted by atomic mass is 19.1. The number of nitrogens with zero attached hydrogens (tertiary/aromatic N) is 1. The molecule has 0 saturated carbocycles. The smallest absolute Gasteiger partial charge is 0.266 e. The molecule has 0 radical (unpaired) electrons. The fourth-order valence-corrected chi connectivity index (χ4v) is 1.17. The van der Waals surface area contributed by atoms with Gasteiger partial charge in [-0.2, -0.15) is 5.26 Å². The predicted molar refractivity (Wildman–Crippen MR) is 45.2 cm³/mol. The van der Waals surface area contributed by atoms with Crippen molar-refractivity contribution in [2.45, 2.75) is 6.29 Å². The van der Waals surface area contributed by atoms with E-state index in [1.54, 1.807) is 6.07 Å². The number of halogens is 1. The van der Waals surface area contributed by atoms with Gasteiger partial charge in [0.1, 0.15) is 24.4 Å². The molecule has 0 bridgehead atoms. The van der Waals surface area contributed by atoms with Crippen LogP contribution in [0.5, 0.6) is 0 Å². The third-order valence-corrected chi connectivity index (χ3v) is 1.84. The Balaban J connectivity index is 2.32. The molecule has 0 amide bonds. The standard InChI is InChI=1S/C10H6FNO2/c11-9-2-1-7(5-8(9)6-12)10-13-3-4-14-10/h1-5,10H. The monoisotopic (exact) mass is 191 g/mol. The van der Waals surface area contributed by atoms with Crippen LogP contribution in [0.25, 0.3) is 0 Å². The summed E-state index contributed by atoms with van der Waals surface area (Å²) in [6.45, 7) is 0. The van der Waals surface area contributed by atoms with Gasteiger partial charge >= 0.3 is 0 Å². The molecule has 0 aromatic heterocycles. The first-order valence-electron chi connectivity index (χ1n) is 3.97. The zero-order valence-electron chi connectivity index (χ0n) is 7.11. The van der Waals surface area contributed by atoms with Gasteiger partial charge in [0.05, 0.1) is 5.56 Å². The van der Waals surface area contributed by atoms with Crippen molar-refractivity contribution in [3.8, 4) is 6.07 Å². The average molecular weight is 191 g/mol. The number of rotatable bonds is 1. The van der Waals surface area contributed by atoms with E-state index in [0.29, 0.717) is 5.56 Å². The minimum atomic E-state index is -0.567. The van der Waals surface area contributed by atoms with Crippen LogP contribution in [-0.2, 0) is 9.47 Å². The predicted octanol–water partition coefficient (Wildman–Crippen LogP) is 2.21. The third-order valence-electron chi connectivity index (χ3n) is 1.84. The van der Waals surface area contributed by atoms with Crippen LogP contribution in [0, 0.1) is 17.1 Å². The molecular formula is C10H6FNO2. The van der Waals surface area contributed by atoms with Crippen molar-refractivity contribution >= 4 is 0 Å². The van der Waals surface area contributed by atoms with Gasteiger partial charge in [-0.05, 0) is 18.2 Å². The van der Waals surface area contributed by atoms with E-state index in [1.165, 1.54) is 30.7 Å². The van der Waals surface area contributed by atoms with Crippen LogP contribution < -0.4 is 0 Å². The number of ether oxygens (including phenoxy) is 2. The van der Waals surface area contributed by atoms with E-state index in [0.717, 1.165) is 0 Å². The van der Waals surface area contributed by atoms with Crippen molar-refractivity contribution in [2.24, 2.45) is 0 Å². The molecule has 70 valence electrons. The summed E-state index contributed by atoms with van der Waals surface area (Å²) < 4.78 is 23.0. The molecule has 1 heterocycles. The van der Waals surface area contributed by atoms with Crippen LogP contribution in [0.1, 0.15) is 17.4 Å². The van der Waals surface area contributed by atoms with E-state index in [-0.39, 0.29) is 5.56 Å². The molecular weight excluding hydrogens is 185 g/mol. The first-order valence-corrected chi connectivity index (χ1v) is 3.97. The van der Waals surface area contributed by atoms with Gasteiger partial charge in [0.15, 0.2) is 0 Å². The van der Waals surface area contributed by atoms with Gasteiger partial charge in [-0.3, -0.25) is 0 Å². The van der Waals surface area contributed by atoms with Crippen LogP contribution in [0.3, 0.4) is 0 Å². The summed E-state index contributed by atoms with van der Waals surface area (Å²) in [6, 6.07) is 5.91. The van der Waals surface area contributed by atoms with Gasteiger partial charge in [-0.1, -0.05) is 0 Å². The van der Waals surface area contributed by atoms with Gasteiger partial charge in [-0.15, -0.1) is 0 Å². The molecule has 0 unspecified atom stereocenters. The Morgan fingerprint density at radius 2 is 2.00 bits per heavy atom. The molecule has 1 aromatic rings. The maximum absolute atomic E-state index is 12.9. The summed E-state index contributed by atoms with van der Waals surface area (Å²) in [6.07, 6.45) is 2.24. The fraction of sp³-hybridized carbons (Fsp3) is 0.100. The van der Waals surface area contributed by atoms with Gasteiger partial charge in [-0.25, -0.2) is 4.39 Å². The number of nitriles is 1. The Labute approximate surface area is 80.0 Å². The van der Waals surface area contributed by atoms with Gasteiger partial charge in [0, 0.05) is 5.56 Å². The number of hydrogen-bond acceptors (Lipinski definition) is 3. The third kappa shape index (κ3) is 1.40. The fourth-order valence-electron chi connectivity index (χ4n) is 1.17. The molecule has 1 aromatic carbocycles. The van der Waals surface area contributed by atoms with Crippen molar-refractivity contribution < 1.29 is 13.9 Å². The highest BCUT2D eigenvalue weighted by Crippen LogP contribution is 2.25. The van der Waals surface area contributed by atoms with Crippen LogP contribution in [0.15, 0.2) is 30.7 Å². The largest absolute Gasteiger partial charge is 0.455 e. The molecule has 3 nitrogen and oxygen atoms in total. The first-order chi connectivity index (χ1) is 6.81. The van der Waals surface area contributed by atoms with Gasteiger partial charge in [0.2, 0.25) is 0 Å². The van der Waals surface area contributed by atoms with Crippen LogP contribution in [0.2, 0.25) is 0 Å². The lowest BCUT2D eigenvalue weighted by Crippen LogP contribution is -1.99. The second-order valence-corrected chi connectivity index (χ2v) is 2.73. The number of hydrogen-bond donors (Lipinski definition) is 0. The van der Waals surface area contributed by atoms with Gasteiger partial charge < -0.3 is 9.47 Å². The van der Waals surface area contributed by atoms with Crippen LogP contribution in [0.4, 0.5) is 4.39 Å². The molecule has 14 heavy (non-hydrogen) atoms. The second-order valence-electron chi connectivity index (χ2n) is 2.73. The second kappa shape index (κ2) is 3.38. The molecule has 0 aliphatic carbocycles. The normalized spacial score (nSPS) is 14.6. The molecule has 1 aliphatic rings. The minimum Gasteiger partial charge on any atom is -0.455 e. The average Bonchev–Trinajstić information content (AvgIpc) is 2.71. The van der Waals surface area contributed by atoms with E-state index < -0.39 is 12.1 Å². The van der Waals surface area contributed by atoms with Crippen molar-refractivity contribution in [3.63, 3.8) is 0 Å². The SMILES string of the molecule is N#Cc1cc(C2OC=CO2)ccc1F.